The Morgan fingerprint density at radius 3 is 2.65 bits per heavy atom. The number of rotatable bonds is 1. The number of nitrogens with one attached hydrogen (secondary N) is 1. The van der Waals surface area contributed by atoms with Crippen LogP contribution in [0.5, 0.6) is 0 Å². The van der Waals surface area contributed by atoms with E-state index >= 15 is 0 Å². The fraction of sp³-hybridized carbons (Fsp3) is 0.412. The van der Waals surface area contributed by atoms with Gasteiger partial charge in [0.05, 0.1) is 12.8 Å². The molecule has 0 aliphatic carbocycles. The van der Waals surface area contributed by atoms with E-state index in [0.29, 0.717) is 12.2 Å². The molecule has 1 aliphatic heterocycles. The molecule has 0 radical (unpaired) electrons. The second kappa shape index (κ2) is 5.30. The van der Waals surface area contributed by atoms with E-state index in [1.165, 1.54) is 7.11 Å². The molecule has 1 amide bonds. The molecule has 0 spiro atoms. The third-order valence-corrected chi connectivity index (χ3v) is 3.79. The first-order valence-electron chi connectivity index (χ1n) is 7.53. The number of fused-ring (bicyclic) bond motifs is 3. The molecular formula is C17H20N2O4. The van der Waals surface area contributed by atoms with Gasteiger partial charge in [0.1, 0.15) is 11.3 Å². The average Bonchev–Trinajstić information content (AvgIpc) is 3.07. The van der Waals surface area contributed by atoms with Crippen LogP contribution in [0, 0.1) is 0 Å². The summed E-state index contributed by atoms with van der Waals surface area (Å²) in [6.07, 6.45) is 0.379. The van der Waals surface area contributed by atoms with E-state index < -0.39 is 11.6 Å². The summed E-state index contributed by atoms with van der Waals surface area (Å²) in [7, 11) is 1.35. The van der Waals surface area contributed by atoms with Gasteiger partial charge in [0.15, 0.2) is 0 Å². The molecule has 0 bridgehead atoms. The van der Waals surface area contributed by atoms with Gasteiger partial charge in [-0.1, -0.05) is 0 Å². The summed E-state index contributed by atoms with van der Waals surface area (Å²) in [5.74, 6) is -0.406. The lowest BCUT2D eigenvalue weighted by atomic mass is 10.1. The zero-order valence-electron chi connectivity index (χ0n) is 13.7. The van der Waals surface area contributed by atoms with Crippen molar-refractivity contribution in [1.82, 2.24) is 4.98 Å². The molecule has 1 aromatic carbocycles. The number of hydrogen-bond acceptors (Lipinski definition) is 4. The normalized spacial score (nSPS) is 14.0. The van der Waals surface area contributed by atoms with Crippen LogP contribution in [0.2, 0.25) is 0 Å². The van der Waals surface area contributed by atoms with Gasteiger partial charge in [-0.15, -0.1) is 0 Å². The summed E-state index contributed by atoms with van der Waals surface area (Å²) in [4.78, 5) is 28.7. The molecule has 0 atom stereocenters. The van der Waals surface area contributed by atoms with Gasteiger partial charge in [-0.05, 0) is 51.0 Å². The van der Waals surface area contributed by atoms with Crippen molar-refractivity contribution in [3.63, 3.8) is 0 Å². The number of methoxy groups -OCH3 is 1. The van der Waals surface area contributed by atoms with E-state index in [9.17, 15) is 9.59 Å². The highest BCUT2D eigenvalue weighted by Crippen LogP contribution is 2.35. The number of benzene rings is 1. The van der Waals surface area contributed by atoms with Crippen molar-refractivity contribution in [2.75, 3.05) is 18.6 Å². The summed E-state index contributed by atoms with van der Waals surface area (Å²) >= 11 is 0. The smallest absolute Gasteiger partial charge is 0.414 e. The average molecular weight is 316 g/mol. The van der Waals surface area contributed by atoms with E-state index in [1.807, 2.05) is 32.9 Å². The molecule has 0 saturated carbocycles. The molecule has 1 aliphatic rings. The molecule has 3 rings (SSSR count). The second-order valence-corrected chi connectivity index (χ2v) is 6.58. The maximum Gasteiger partial charge on any atom is 0.414 e. The van der Waals surface area contributed by atoms with Crippen molar-refractivity contribution in [2.45, 2.75) is 32.8 Å². The lowest BCUT2D eigenvalue weighted by Gasteiger charge is -2.24. The van der Waals surface area contributed by atoms with Crippen molar-refractivity contribution in [2.24, 2.45) is 0 Å². The van der Waals surface area contributed by atoms with Crippen LogP contribution in [0.1, 0.15) is 36.8 Å². The maximum atomic E-state index is 12.3. The fourth-order valence-electron chi connectivity index (χ4n) is 2.84. The van der Waals surface area contributed by atoms with Gasteiger partial charge < -0.3 is 14.5 Å². The van der Waals surface area contributed by atoms with Crippen LogP contribution in [0.4, 0.5) is 10.5 Å². The van der Waals surface area contributed by atoms with Crippen LogP contribution in [0.25, 0.3) is 10.9 Å². The van der Waals surface area contributed by atoms with Gasteiger partial charge in [-0.25, -0.2) is 9.59 Å². The molecular weight excluding hydrogens is 296 g/mol. The van der Waals surface area contributed by atoms with Crippen molar-refractivity contribution >= 4 is 28.7 Å². The van der Waals surface area contributed by atoms with Gasteiger partial charge in [0, 0.05) is 17.4 Å². The Kier molecular flexibility index (Phi) is 3.55. The van der Waals surface area contributed by atoms with E-state index in [-0.39, 0.29) is 6.09 Å². The number of hydrogen-bond donors (Lipinski definition) is 1. The van der Waals surface area contributed by atoms with E-state index in [1.54, 1.807) is 11.0 Å². The number of aromatic nitrogens is 1. The molecule has 0 fully saturated rings. The van der Waals surface area contributed by atoms with E-state index in [2.05, 4.69) is 4.98 Å². The van der Waals surface area contributed by atoms with E-state index in [4.69, 9.17) is 9.47 Å². The zero-order valence-corrected chi connectivity index (χ0v) is 13.7. The Hall–Kier alpha value is -2.50. The Morgan fingerprint density at radius 1 is 1.26 bits per heavy atom. The van der Waals surface area contributed by atoms with Crippen LogP contribution in [-0.4, -0.2) is 36.3 Å². The Balaban J connectivity index is 1.98. The van der Waals surface area contributed by atoms with E-state index in [0.717, 1.165) is 28.6 Å². The topological polar surface area (TPSA) is 71.6 Å². The van der Waals surface area contributed by atoms with Crippen molar-refractivity contribution in [3.8, 4) is 0 Å². The number of esters is 1. The first-order chi connectivity index (χ1) is 10.8. The number of ether oxygens (including phenoxy) is 2. The van der Waals surface area contributed by atoms with Gasteiger partial charge >= 0.3 is 12.1 Å². The number of carbonyl (C=O) groups is 2. The Morgan fingerprint density at radius 2 is 2.00 bits per heavy atom. The van der Waals surface area contributed by atoms with Gasteiger partial charge in [0.2, 0.25) is 0 Å². The summed E-state index contributed by atoms with van der Waals surface area (Å²) in [6.45, 7) is 6.11. The molecule has 0 saturated heterocycles. The zero-order chi connectivity index (χ0) is 16.8. The van der Waals surface area contributed by atoms with Crippen molar-refractivity contribution in [3.05, 3.63) is 29.5 Å². The lowest BCUT2D eigenvalue weighted by molar-refractivity contribution is 0.0578. The summed E-state index contributed by atoms with van der Waals surface area (Å²) in [5, 5.41) is 0.939. The minimum atomic E-state index is -0.532. The fourth-order valence-corrected chi connectivity index (χ4v) is 2.84. The molecule has 6 heteroatoms. The minimum Gasteiger partial charge on any atom is -0.464 e. The number of amides is 1. The number of anilines is 1. The molecule has 1 aromatic heterocycles. The predicted molar refractivity (Wildman–Crippen MR) is 86.9 cm³/mol. The SMILES string of the molecule is COC(=O)c1cc2c3c(ccc2[nH]1)N(C(=O)OC(C)(C)C)CC3. The molecule has 2 heterocycles. The molecule has 2 aromatic rings. The van der Waals surface area contributed by atoms with Crippen molar-refractivity contribution < 1.29 is 19.1 Å². The molecule has 1 N–H and O–H groups in total. The monoisotopic (exact) mass is 316 g/mol. The largest absolute Gasteiger partial charge is 0.464 e. The predicted octanol–water partition coefficient (Wildman–Crippen LogP) is 3.25. The number of carbonyl (C=O) groups excluding carboxylic acids is 2. The van der Waals surface area contributed by atoms with Crippen LogP contribution >= 0.6 is 0 Å². The molecule has 23 heavy (non-hydrogen) atoms. The quantitative estimate of drug-likeness (QED) is 0.820. The van der Waals surface area contributed by atoms with Crippen molar-refractivity contribution in [1.29, 1.82) is 0 Å². The maximum absolute atomic E-state index is 12.3. The Labute approximate surface area is 134 Å². The van der Waals surface area contributed by atoms with Gasteiger partial charge in [-0.3, -0.25) is 4.90 Å². The highest BCUT2D eigenvalue weighted by molar-refractivity contribution is 6.01. The first-order valence-corrected chi connectivity index (χ1v) is 7.53. The standard InChI is InChI=1S/C17H20N2O4/c1-17(2,3)23-16(21)19-8-7-10-11-9-13(15(20)22-4)18-12(11)5-6-14(10)19/h5-6,9,18H,7-8H2,1-4H3. The van der Waals surface area contributed by atoms with Crippen LogP contribution in [0.3, 0.4) is 0 Å². The lowest BCUT2D eigenvalue weighted by Crippen LogP contribution is -2.35. The van der Waals surface area contributed by atoms with Crippen LogP contribution in [0.15, 0.2) is 18.2 Å². The first kappa shape index (κ1) is 15.4. The third-order valence-electron chi connectivity index (χ3n) is 3.79. The molecule has 6 nitrogen and oxygen atoms in total. The summed E-state index contributed by atoms with van der Waals surface area (Å²) in [6, 6.07) is 5.52. The second-order valence-electron chi connectivity index (χ2n) is 6.58. The number of aromatic amines is 1. The highest BCUT2D eigenvalue weighted by Gasteiger charge is 2.30. The number of H-pyrrole nitrogens is 1. The third kappa shape index (κ3) is 2.76. The van der Waals surface area contributed by atoms with Crippen LogP contribution < -0.4 is 4.90 Å². The molecule has 0 unspecified atom stereocenters. The van der Waals surface area contributed by atoms with Gasteiger partial charge in [0.25, 0.3) is 0 Å². The van der Waals surface area contributed by atoms with Gasteiger partial charge in [-0.2, -0.15) is 0 Å². The number of nitrogens with zero attached hydrogens (tertiary/aromatic N) is 1. The summed E-state index contributed by atoms with van der Waals surface area (Å²) < 4.78 is 10.2. The van der Waals surface area contributed by atoms with Crippen LogP contribution in [-0.2, 0) is 15.9 Å². The minimum absolute atomic E-state index is 0.348. The molecule has 122 valence electrons. The Bertz CT molecular complexity index is 786. The summed E-state index contributed by atoms with van der Waals surface area (Å²) in [5.41, 5.74) is 2.61. The highest BCUT2D eigenvalue weighted by atomic mass is 16.6.